The molecule has 3 heteroatoms. The first kappa shape index (κ1) is 17.0. The molecule has 0 bridgehead atoms. The first-order chi connectivity index (χ1) is 9.72. The molecule has 0 spiro atoms. The van der Waals surface area contributed by atoms with Gasteiger partial charge in [-0.3, -0.25) is 0 Å². The quantitative estimate of drug-likeness (QED) is 0.612. The van der Waals surface area contributed by atoms with Crippen molar-refractivity contribution in [1.29, 1.82) is 0 Å². The molecule has 20 heavy (non-hydrogen) atoms. The average Bonchev–Trinajstić information content (AvgIpc) is 2.45. The maximum absolute atomic E-state index is 5.66. The smallest absolute Gasteiger partial charge is 0.213 e. The fraction of sp³-hybridized carbons (Fsp3) is 0.706. The van der Waals surface area contributed by atoms with E-state index in [2.05, 4.69) is 37.1 Å². The minimum absolute atomic E-state index is 0.499. The lowest BCUT2D eigenvalue weighted by molar-refractivity contribution is 0.293. The maximum Gasteiger partial charge on any atom is 0.213 e. The SMILES string of the molecule is CCCCCCCCOc1ccc(CNC(C)C)cn1. The second kappa shape index (κ2) is 10.7. The summed E-state index contributed by atoms with van der Waals surface area (Å²) in [6.45, 7) is 8.18. The van der Waals surface area contributed by atoms with Crippen LogP contribution in [-0.2, 0) is 6.54 Å². The molecule has 0 fully saturated rings. The van der Waals surface area contributed by atoms with Gasteiger partial charge in [0.25, 0.3) is 0 Å². The Kier molecular flexibility index (Phi) is 9.05. The van der Waals surface area contributed by atoms with Crippen molar-refractivity contribution in [2.75, 3.05) is 6.61 Å². The molecular formula is C17H30N2O. The Bertz CT molecular complexity index is 335. The highest BCUT2D eigenvalue weighted by molar-refractivity contribution is 5.17. The molecule has 0 radical (unpaired) electrons. The molecule has 1 N–H and O–H groups in total. The Morgan fingerprint density at radius 1 is 1.10 bits per heavy atom. The molecule has 0 aliphatic carbocycles. The Labute approximate surface area is 124 Å². The summed E-state index contributed by atoms with van der Waals surface area (Å²) >= 11 is 0. The first-order valence-corrected chi connectivity index (χ1v) is 8.03. The fourth-order valence-electron chi connectivity index (χ4n) is 1.98. The van der Waals surface area contributed by atoms with Crippen molar-refractivity contribution in [3.8, 4) is 5.88 Å². The molecular weight excluding hydrogens is 248 g/mol. The zero-order valence-electron chi connectivity index (χ0n) is 13.3. The van der Waals surface area contributed by atoms with E-state index < -0.39 is 0 Å². The van der Waals surface area contributed by atoms with Gasteiger partial charge >= 0.3 is 0 Å². The Morgan fingerprint density at radius 3 is 2.50 bits per heavy atom. The van der Waals surface area contributed by atoms with Crippen LogP contribution in [0.5, 0.6) is 5.88 Å². The van der Waals surface area contributed by atoms with Crippen LogP contribution in [0.2, 0.25) is 0 Å². The largest absolute Gasteiger partial charge is 0.478 e. The number of nitrogens with one attached hydrogen (secondary N) is 1. The van der Waals surface area contributed by atoms with Gasteiger partial charge in [0.05, 0.1) is 6.61 Å². The highest BCUT2D eigenvalue weighted by atomic mass is 16.5. The van der Waals surface area contributed by atoms with E-state index in [0.717, 1.165) is 25.5 Å². The maximum atomic E-state index is 5.66. The van der Waals surface area contributed by atoms with Crippen LogP contribution in [0.3, 0.4) is 0 Å². The van der Waals surface area contributed by atoms with Gasteiger partial charge in [0.1, 0.15) is 0 Å². The zero-order valence-corrected chi connectivity index (χ0v) is 13.3. The molecule has 0 saturated heterocycles. The van der Waals surface area contributed by atoms with Crippen LogP contribution >= 0.6 is 0 Å². The van der Waals surface area contributed by atoms with Gasteiger partial charge in [-0.15, -0.1) is 0 Å². The molecule has 0 aliphatic rings. The van der Waals surface area contributed by atoms with Crippen molar-refractivity contribution in [3.05, 3.63) is 23.9 Å². The van der Waals surface area contributed by atoms with E-state index in [1.54, 1.807) is 0 Å². The Hall–Kier alpha value is -1.09. The molecule has 1 aromatic heterocycles. The van der Waals surface area contributed by atoms with Gasteiger partial charge in [-0.2, -0.15) is 0 Å². The Balaban J connectivity index is 2.12. The Morgan fingerprint density at radius 2 is 1.85 bits per heavy atom. The van der Waals surface area contributed by atoms with Crippen molar-refractivity contribution in [2.24, 2.45) is 0 Å². The fourth-order valence-corrected chi connectivity index (χ4v) is 1.98. The van der Waals surface area contributed by atoms with Gasteiger partial charge < -0.3 is 10.1 Å². The van der Waals surface area contributed by atoms with Crippen LogP contribution in [0.15, 0.2) is 18.3 Å². The lowest BCUT2D eigenvalue weighted by Crippen LogP contribution is -2.21. The molecule has 1 heterocycles. The number of rotatable bonds is 11. The van der Waals surface area contributed by atoms with E-state index in [4.69, 9.17) is 4.74 Å². The molecule has 1 rings (SSSR count). The van der Waals surface area contributed by atoms with Crippen molar-refractivity contribution in [2.45, 2.75) is 71.9 Å². The molecule has 0 amide bonds. The number of pyridine rings is 1. The number of unbranched alkanes of at least 4 members (excludes halogenated alkanes) is 5. The summed E-state index contributed by atoms with van der Waals surface area (Å²) in [5.41, 5.74) is 1.20. The van der Waals surface area contributed by atoms with Gasteiger partial charge in [-0.25, -0.2) is 4.98 Å². The minimum Gasteiger partial charge on any atom is -0.478 e. The number of hydrogen-bond donors (Lipinski definition) is 1. The van der Waals surface area contributed by atoms with Gasteiger partial charge in [0.2, 0.25) is 5.88 Å². The van der Waals surface area contributed by atoms with E-state index >= 15 is 0 Å². The summed E-state index contributed by atoms with van der Waals surface area (Å²) in [6, 6.07) is 4.55. The summed E-state index contributed by atoms with van der Waals surface area (Å²) in [5.74, 6) is 0.742. The zero-order chi connectivity index (χ0) is 14.6. The third-order valence-corrected chi connectivity index (χ3v) is 3.26. The molecule has 3 nitrogen and oxygen atoms in total. The normalized spacial score (nSPS) is 11.0. The van der Waals surface area contributed by atoms with E-state index in [0.29, 0.717) is 6.04 Å². The predicted molar refractivity (Wildman–Crippen MR) is 85.1 cm³/mol. The molecule has 0 unspecified atom stereocenters. The van der Waals surface area contributed by atoms with E-state index in [1.807, 2.05) is 12.3 Å². The molecule has 0 saturated carbocycles. The summed E-state index contributed by atoms with van der Waals surface area (Å²) in [6.07, 6.45) is 9.62. The number of nitrogens with zero attached hydrogens (tertiary/aromatic N) is 1. The predicted octanol–water partition coefficient (Wildman–Crippen LogP) is 4.32. The van der Waals surface area contributed by atoms with Crippen molar-refractivity contribution in [1.82, 2.24) is 10.3 Å². The highest BCUT2D eigenvalue weighted by Crippen LogP contribution is 2.10. The summed E-state index contributed by atoms with van der Waals surface area (Å²) in [4.78, 5) is 4.34. The lowest BCUT2D eigenvalue weighted by Gasteiger charge is -2.09. The number of aromatic nitrogens is 1. The molecule has 114 valence electrons. The van der Waals surface area contributed by atoms with Gasteiger partial charge in [0, 0.05) is 24.8 Å². The topological polar surface area (TPSA) is 34.1 Å². The third-order valence-electron chi connectivity index (χ3n) is 3.26. The van der Waals surface area contributed by atoms with Crippen LogP contribution in [0, 0.1) is 0 Å². The van der Waals surface area contributed by atoms with Crippen LogP contribution in [0.1, 0.15) is 64.9 Å². The standard InChI is InChI=1S/C17H30N2O/c1-4-5-6-7-8-9-12-20-17-11-10-16(14-19-17)13-18-15(2)3/h10-11,14-15,18H,4-9,12-13H2,1-3H3. The van der Waals surface area contributed by atoms with E-state index in [1.165, 1.54) is 37.7 Å². The van der Waals surface area contributed by atoms with Crippen LogP contribution in [0.25, 0.3) is 0 Å². The molecule has 0 aromatic carbocycles. The average molecular weight is 278 g/mol. The van der Waals surface area contributed by atoms with E-state index in [9.17, 15) is 0 Å². The van der Waals surface area contributed by atoms with Gasteiger partial charge in [-0.1, -0.05) is 58.9 Å². The number of hydrogen-bond acceptors (Lipinski definition) is 3. The number of ether oxygens (including phenoxy) is 1. The van der Waals surface area contributed by atoms with Crippen molar-refractivity contribution < 1.29 is 4.74 Å². The summed E-state index contributed by atoms with van der Waals surface area (Å²) in [7, 11) is 0. The minimum atomic E-state index is 0.499. The highest BCUT2D eigenvalue weighted by Gasteiger charge is 1.98. The summed E-state index contributed by atoms with van der Waals surface area (Å²) < 4.78 is 5.66. The van der Waals surface area contributed by atoms with Crippen LogP contribution in [-0.4, -0.2) is 17.6 Å². The van der Waals surface area contributed by atoms with Gasteiger partial charge in [0.15, 0.2) is 0 Å². The first-order valence-electron chi connectivity index (χ1n) is 8.03. The summed E-state index contributed by atoms with van der Waals surface area (Å²) in [5, 5.41) is 3.38. The van der Waals surface area contributed by atoms with Gasteiger partial charge in [-0.05, 0) is 12.0 Å². The second-order valence-corrected chi connectivity index (χ2v) is 5.66. The van der Waals surface area contributed by atoms with Crippen molar-refractivity contribution >= 4 is 0 Å². The molecule has 0 aliphatic heterocycles. The monoisotopic (exact) mass is 278 g/mol. The molecule has 0 atom stereocenters. The molecule has 1 aromatic rings. The lowest BCUT2D eigenvalue weighted by atomic mass is 10.1. The van der Waals surface area contributed by atoms with Crippen molar-refractivity contribution in [3.63, 3.8) is 0 Å². The van der Waals surface area contributed by atoms with Crippen LogP contribution < -0.4 is 10.1 Å². The van der Waals surface area contributed by atoms with E-state index in [-0.39, 0.29) is 0 Å². The third kappa shape index (κ3) is 8.16. The second-order valence-electron chi connectivity index (χ2n) is 5.66. The van der Waals surface area contributed by atoms with Crippen LogP contribution in [0.4, 0.5) is 0 Å².